The summed E-state index contributed by atoms with van der Waals surface area (Å²) in [5.41, 5.74) is 4.76. The van der Waals surface area contributed by atoms with Crippen molar-refractivity contribution in [3.63, 3.8) is 0 Å². The van der Waals surface area contributed by atoms with Crippen molar-refractivity contribution in [3.05, 3.63) is 87.2 Å². The van der Waals surface area contributed by atoms with E-state index in [-0.39, 0.29) is 24.5 Å². The lowest BCUT2D eigenvalue weighted by molar-refractivity contribution is -0.137. The van der Waals surface area contributed by atoms with Crippen molar-refractivity contribution < 1.29 is 24.2 Å². The van der Waals surface area contributed by atoms with Gasteiger partial charge in [-0.05, 0) is 49.4 Å². The topological polar surface area (TPSA) is 83.9 Å². The maximum atomic E-state index is 13.3. The molecule has 2 aromatic carbocycles. The quantitative estimate of drug-likeness (QED) is 0.511. The number of hydrogen-bond donors (Lipinski definition) is 1. The van der Waals surface area contributed by atoms with Gasteiger partial charge >= 0.3 is 5.97 Å². The van der Waals surface area contributed by atoms with Crippen LogP contribution in [0.25, 0.3) is 0 Å². The molecule has 1 heterocycles. The van der Waals surface area contributed by atoms with E-state index in [0.29, 0.717) is 54.2 Å². The van der Waals surface area contributed by atoms with Crippen LogP contribution in [-0.2, 0) is 21.0 Å². The number of ketones is 2. The second-order valence-electron chi connectivity index (χ2n) is 9.46. The summed E-state index contributed by atoms with van der Waals surface area (Å²) in [5.74, 6) is -0.645. The number of nitrogens with zero attached hydrogens (tertiary/aromatic N) is 1. The zero-order valence-corrected chi connectivity index (χ0v) is 20.7. The molecular weight excluding hydrogens is 478 g/mol. The molecule has 1 aliphatic heterocycles. The molecule has 1 N–H and O–H groups in total. The van der Waals surface area contributed by atoms with E-state index in [9.17, 15) is 19.5 Å². The van der Waals surface area contributed by atoms with Gasteiger partial charge in [0.15, 0.2) is 11.6 Å². The number of allylic oxidation sites excluding steroid dienone is 4. The first-order valence-electron chi connectivity index (χ1n) is 12.4. The van der Waals surface area contributed by atoms with Gasteiger partial charge < -0.3 is 14.7 Å². The van der Waals surface area contributed by atoms with Crippen LogP contribution in [0.4, 0.5) is 0 Å². The molecule has 6 nitrogen and oxygen atoms in total. The van der Waals surface area contributed by atoms with E-state index in [1.807, 2.05) is 53.4 Å². The fourth-order valence-electron chi connectivity index (χ4n) is 5.59. The van der Waals surface area contributed by atoms with Crippen molar-refractivity contribution in [2.45, 2.75) is 57.5 Å². The molecule has 0 amide bonds. The third-order valence-corrected chi connectivity index (χ3v) is 7.55. The van der Waals surface area contributed by atoms with Gasteiger partial charge in [-0.25, -0.2) is 0 Å². The van der Waals surface area contributed by atoms with Gasteiger partial charge in [0, 0.05) is 58.4 Å². The van der Waals surface area contributed by atoms with Crippen LogP contribution < -0.4 is 4.74 Å². The number of ether oxygens (including phenoxy) is 1. The normalized spacial score (nSPS) is 18.3. The third kappa shape index (κ3) is 4.70. The lowest BCUT2D eigenvalue weighted by Crippen LogP contribution is -2.39. The van der Waals surface area contributed by atoms with E-state index in [1.165, 1.54) is 0 Å². The second kappa shape index (κ2) is 10.3. The molecule has 5 rings (SSSR count). The van der Waals surface area contributed by atoms with Crippen LogP contribution in [-0.4, -0.2) is 34.1 Å². The highest BCUT2D eigenvalue weighted by Gasteiger charge is 2.43. The Morgan fingerprint density at radius 1 is 0.944 bits per heavy atom. The van der Waals surface area contributed by atoms with Crippen molar-refractivity contribution in [3.8, 4) is 5.75 Å². The lowest BCUT2D eigenvalue weighted by Gasteiger charge is -2.44. The summed E-state index contributed by atoms with van der Waals surface area (Å²) in [6.45, 7) is 0.567. The Labute approximate surface area is 215 Å². The predicted octanol–water partition coefficient (Wildman–Crippen LogP) is 5.81. The van der Waals surface area contributed by atoms with Gasteiger partial charge in [-0.3, -0.25) is 14.4 Å². The van der Waals surface area contributed by atoms with Gasteiger partial charge in [0.05, 0.1) is 6.42 Å². The molecule has 3 aliphatic rings. The monoisotopic (exact) mass is 505 g/mol. The number of carbonyl (C=O) groups excluding carboxylic acids is 2. The highest BCUT2D eigenvalue weighted by Crippen LogP contribution is 2.49. The first-order chi connectivity index (χ1) is 17.4. The highest BCUT2D eigenvalue weighted by atomic mass is 35.5. The molecule has 2 aliphatic carbocycles. The Balaban J connectivity index is 1.55. The molecule has 36 heavy (non-hydrogen) atoms. The van der Waals surface area contributed by atoms with Gasteiger partial charge in [0.2, 0.25) is 0 Å². The molecule has 0 saturated heterocycles. The van der Waals surface area contributed by atoms with Crippen LogP contribution in [0.1, 0.15) is 62.0 Å². The Hall–Kier alpha value is -3.38. The van der Waals surface area contributed by atoms with Crippen LogP contribution in [0.15, 0.2) is 71.1 Å². The van der Waals surface area contributed by atoms with Crippen LogP contribution in [0.3, 0.4) is 0 Å². The van der Waals surface area contributed by atoms with Gasteiger partial charge in [0.1, 0.15) is 12.4 Å². The standard InChI is InChI=1S/C29H28ClNO5/c30-21-9-2-1-6-19(21)17-36-20-8-3-7-18(16-20)27-28-22(10-4-12-24(28)32)31(15-14-26(34)35)23-11-5-13-25(33)29(23)27/h1-3,6-9,16,27H,4-5,10-15,17H2,(H,34,35). The predicted molar refractivity (Wildman–Crippen MR) is 136 cm³/mol. The van der Waals surface area contributed by atoms with Crippen LogP contribution in [0.2, 0.25) is 5.02 Å². The molecule has 0 saturated carbocycles. The summed E-state index contributed by atoms with van der Waals surface area (Å²) >= 11 is 6.28. The number of halogens is 1. The van der Waals surface area contributed by atoms with E-state index in [0.717, 1.165) is 35.4 Å². The number of aliphatic carboxylic acids is 1. The van der Waals surface area contributed by atoms with Gasteiger partial charge in [-0.1, -0.05) is 41.9 Å². The van der Waals surface area contributed by atoms with Gasteiger partial charge in [-0.2, -0.15) is 0 Å². The molecule has 2 aromatic rings. The molecule has 186 valence electrons. The van der Waals surface area contributed by atoms with Gasteiger partial charge in [-0.15, -0.1) is 0 Å². The number of Topliss-reactive ketones (excluding diaryl/α,β-unsaturated/α-hetero) is 2. The summed E-state index contributed by atoms with van der Waals surface area (Å²) in [6, 6.07) is 15.1. The van der Waals surface area contributed by atoms with Crippen molar-refractivity contribution in [2.24, 2.45) is 0 Å². The van der Waals surface area contributed by atoms with Crippen LogP contribution in [0, 0.1) is 0 Å². The number of carboxylic acids is 1. The first-order valence-corrected chi connectivity index (χ1v) is 12.8. The molecular formula is C29H28ClNO5. The van der Waals surface area contributed by atoms with Crippen molar-refractivity contribution >= 4 is 29.1 Å². The van der Waals surface area contributed by atoms with E-state index in [2.05, 4.69) is 0 Å². The molecule has 0 bridgehead atoms. The fraction of sp³-hybridized carbons (Fsp3) is 0.345. The Kier molecular flexibility index (Phi) is 6.97. The summed E-state index contributed by atoms with van der Waals surface area (Å²) in [7, 11) is 0. The van der Waals surface area contributed by atoms with Crippen molar-refractivity contribution in [2.75, 3.05) is 6.54 Å². The fourth-order valence-corrected chi connectivity index (χ4v) is 5.78. The Morgan fingerprint density at radius 2 is 1.61 bits per heavy atom. The third-order valence-electron chi connectivity index (χ3n) is 7.18. The first kappa shape index (κ1) is 24.3. The van der Waals surface area contributed by atoms with E-state index >= 15 is 0 Å². The number of carboxylic acid groups (broad SMARTS) is 1. The van der Waals surface area contributed by atoms with E-state index < -0.39 is 11.9 Å². The molecule has 7 heteroatoms. The minimum Gasteiger partial charge on any atom is -0.489 e. The summed E-state index contributed by atoms with van der Waals surface area (Å²) in [4.78, 5) is 40.0. The van der Waals surface area contributed by atoms with Crippen molar-refractivity contribution in [1.82, 2.24) is 4.90 Å². The minimum absolute atomic E-state index is 0.0360. The molecule has 0 unspecified atom stereocenters. The van der Waals surface area contributed by atoms with Crippen LogP contribution in [0.5, 0.6) is 5.75 Å². The molecule has 0 radical (unpaired) electrons. The molecule has 0 spiro atoms. The number of carbonyl (C=O) groups is 3. The Morgan fingerprint density at radius 3 is 2.25 bits per heavy atom. The zero-order chi connectivity index (χ0) is 25.2. The van der Waals surface area contributed by atoms with E-state index in [1.54, 1.807) is 0 Å². The van der Waals surface area contributed by atoms with Crippen molar-refractivity contribution in [1.29, 1.82) is 0 Å². The Bertz CT molecular complexity index is 1250. The zero-order valence-electron chi connectivity index (χ0n) is 20.0. The highest BCUT2D eigenvalue weighted by molar-refractivity contribution is 6.31. The smallest absolute Gasteiger partial charge is 0.305 e. The SMILES string of the molecule is O=C(O)CCN1C2=C(C(=O)CCC2)C(c2cccc(OCc3ccccc3Cl)c2)C2=C1CCCC2=O. The average Bonchev–Trinajstić information content (AvgIpc) is 2.87. The summed E-state index contributed by atoms with van der Waals surface area (Å²) in [5, 5.41) is 9.97. The summed E-state index contributed by atoms with van der Waals surface area (Å²) < 4.78 is 6.05. The number of rotatable bonds is 7. The average molecular weight is 506 g/mol. The number of hydrogen-bond acceptors (Lipinski definition) is 5. The van der Waals surface area contributed by atoms with Gasteiger partial charge in [0.25, 0.3) is 0 Å². The van der Waals surface area contributed by atoms with E-state index in [4.69, 9.17) is 16.3 Å². The maximum Gasteiger partial charge on any atom is 0.305 e. The molecule has 0 atom stereocenters. The van der Waals surface area contributed by atoms with Crippen LogP contribution >= 0.6 is 11.6 Å². The second-order valence-corrected chi connectivity index (χ2v) is 9.86. The number of benzene rings is 2. The summed E-state index contributed by atoms with van der Waals surface area (Å²) in [6.07, 6.45) is 3.67. The molecule has 0 aromatic heterocycles. The minimum atomic E-state index is -0.894. The largest absolute Gasteiger partial charge is 0.489 e. The molecule has 0 fully saturated rings. The lowest BCUT2D eigenvalue weighted by atomic mass is 9.71. The maximum absolute atomic E-state index is 13.3.